The topological polar surface area (TPSA) is 172 Å². The lowest BCUT2D eigenvalue weighted by Crippen LogP contribution is -2.71. The second-order valence-electron chi connectivity index (χ2n) is 15.2. The molecule has 3 fully saturated rings. The number of esters is 2. The van der Waals surface area contributed by atoms with E-state index in [1.165, 1.54) is 45.2 Å². The van der Waals surface area contributed by atoms with E-state index in [-0.39, 0.29) is 42.1 Å². The highest BCUT2D eigenvalue weighted by Crippen LogP contribution is 2.70. The maximum atomic E-state index is 17.7. The number of hydrogen-bond acceptors (Lipinski definition) is 12. The molecule has 1 aromatic rings. The number of rotatable bonds is 14. The molecule has 3 saturated carbocycles. The van der Waals surface area contributed by atoms with Crippen LogP contribution in [0.5, 0.6) is 11.5 Å². The molecule has 9 atom stereocenters. The fourth-order valence-corrected chi connectivity index (χ4v) is 9.33. The van der Waals surface area contributed by atoms with Gasteiger partial charge < -0.3 is 33.9 Å². The molecule has 9 unspecified atom stereocenters. The van der Waals surface area contributed by atoms with Gasteiger partial charge in [-0.15, -0.1) is 0 Å². The summed E-state index contributed by atoms with van der Waals surface area (Å²) in [5.41, 5.74) is -8.28. The molecule has 0 radical (unpaired) electrons. The van der Waals surface area contributed by atoms with Crippen molar-refractivity contribution in [1.82, 2.24) is 0 Å². The van der Waals surface area contributed by atoms with Gasteiger partial charge in [-0.1, -0.05) is 46.1 Å². The Morgan fingerprint density at radius 3 is 2.35 bits per heavy atom. The Hall–Kier alpha value is -4.17. The molecule has 14 heteroatoms. The zero-order valence-electron chi connectivity index (χ0n) is 31.4. The fourth-order valence-electron chi connectivity index (χ4n) is 9.33. The zero-order valence-corrected chi connectivity index (χ0v) is 31.4. The first-order valence-electron chi connectivity index (χ1n) is 18.6. The number of benzene rings is 1. The number of aliphatic hydroxyl groups excluding tert-OH is 2. The van der Waals surface area contributed by atoms with Crippen molar-refractivity contribution >= 4 is 29.7 Å². The average molecular weight is 761 g/mol. The molecule has 1 aromatic carbocycles. The number of aliphatic hydroxyl groups is 2. The van der Waals surface area contributed by atoms with Crippen LogP contribution in [-0.4, -0.2) is 89.8 Å². The van der Waals surface area contributed by atoms with Crippen LogP contribution >= 0.6 is 0 Å². The number of allylic oxidation sites excluding steroid dienone is 4. The molecule has 0 heterocycles. The molecular formula is C40H50F2O12. The predicted octanol–water partition coefficient (Wildman–Crippen LogP) is 5.89. The van der Waals surface area contributed by atoms with E-state index in [2.05, 4.69) is 0 Å². The molecule has 296 valence electrons. The minimum absolute atomic E-state index is 0.0161. The summed E-state index contributed by atoms with van der Waals surface area (Å²) in [5.74, 6) is -5.45. The van der Waals surface area contributed by atoms with Crippen LogP contribution in [0, 0.1) is 22.7 Å². The van der Waals surface area contributed by atoms with Crippen molar-refractivity contribution in [3.8, 4) is 11.5 Å². The average Bonchev–Trinajstić information content (AvgIpc) is 3.35. The van der Waals surface area contributed by atoms with Crippen molar-refractivity contribution in [1.29, 1.82) is 0 Å². The molecule has 0 spiro atoms. The Morgan fingerprint density at radius 1 is 0.944 bits per heavy atom. The second kappa shape index (κ2) is 15.9. The maximum absolute atomic E-state index is 17.7. The van der Waals surface area contributed by atoms with E-state index in [0.29, 0.717) is 19.3 Å². The number of carbonyl (C=O) groups excluding carboxylic acids is 5. The van der Waals surface area contributed by atoms with E-state index >= 15 is 8.78 Å². The quantitative estimate of drug-likeness (QED) is 0.0999. The van der Waals surface area contributed by atoms with Crippen molar-refractivity contribution in [2.24, 2.45) is 22.7 Å². The summed E-state index contributed by atoms with van der Waals surface area (Å²) in [6.45, 7) is 5.94. The molecule has 4 aliphatic rings. The third-order valence-corrected chi connectivity index (χ3v) is 12.1. The molecule has 54 heavy (non-hydrogen) atoms. The highest BCUT2D eigenvalue weighted by atomic mass is 19.1. The van der Waals surface area contributed by atoms with E-state index in [0.717, 1.165) is 25.0 Å². The molecule has 2 N–H and O–H groups in total. The lowest BCUT2D eigenvalue weighted by atomic mass is 9.44. The number of carbonyl (C=O) groups is 5. The van der Waals surface area contributed by atoms with Crippen LogP contribution in [0.15, 0.2) is 42.0 Å². The van der Waals surface area contributed by atoms with Crippen LogP contribution in [0.4, 0.5) is 13.6 Å². The molecule has 4 aliphatic carbocycles. The third kappa shape index (κ3) is 6.84. The summed E-state index contributed by atoms with van der Waals surface area (Å²) >= 11 is 0. The van der Waals surface area contributed by atoms with Crippen LogP contribution in [0.1, 0.15) is 95.8 Å². The lowest BCUT2D eigenvalue weighted by Gasteiger charge is -2.63. The molecule has 0 bridgehead atoms. The monoisotopic (exact) mass is 760 g/mol. The Kier molecular flexibility index (Phi) is 12.1. The first-order chi connectivity index (χ1) is 25.5. The molecule has 0 amide bonds. The smallest absolute Gasteiger partial charge is 0.493 e. The van der Waals surface area contributed by atoms with Gasteiger partial charge in [-0.2, -0.15) is 0 Å². The first-order valence-corrected chi connectivity index (χ1v) is 18.6. The van der Waals surface area contributed by atoms with Gasteiger partial charge in [0.1, 0.15) is 12.3 Å². The van der Waals surface area contributed by atoms with Gasteiger partial charge in [0.15, 0.2) is 29.6 Å². The number of alkyl halides is 2. The number of halogens is 2. The molecular weight excluding hydrogens is 710 g/mol. The maximum Gasteiger partial charge on any atom is 0.514 e. The van der Waals surface area contributed by atoms with Gasteiger partial charge in [0.05, 0.1) is 25.4 Å². The largest absolute Gasteiger partial charge is 0.514 e. The van der Waals surface area contributed by atoms with E-state index < -0.39 is 101 Å². The van der Waals surface area contributed by atoms with Crippen molar-refractivity contribution in [3.05, 3.63) is 47.6 Å². The minimum atomic E-state index is -2.52. The van der Waals surface area contributed by atoms with Crippen LogP contribution in [-0.2, 0) is 28.6 Å². The molecule has 0 aliphatic heterocycles. The highest BCUT2D eigenvalue weighted by molar-refractivity contribution is 6.01. The Bertz CT molecular complexity index is 1710. The van der Waals surface area contributed by atoms with Gasteiger partial charge in [-0.25, -0.2) is 18.4 Å². The Labute approximate surface area is 313 Å². The number of ketones is 2. The molecule has 0 aromatic heterocycles. The van der Waals surface area contributed by atoms with E-state index in [9.17, 15) is 34.2 Å². The van der Waals surface area contributed by atoms with Gasteiger partial charge in [0, 0.05) is 23.2 Å². The second-order valence-corrected chi connectivity index (χ2v) is 15.2. The Balaban J connectivity index is 1.40. The minimum Gasteiger partial charge on any atom is -0.493 e. The summed E-state index contributed by atoms with van der Waals surface area (Å²) < 4.78 is 60.6. The highest BCUT2D eigenvalue weighted by Gasteiger charge is 2.78. The van der Waals surface area contributed by atoms with Gasteiger partial charge in [0.25, 0.3) is 0 Å². The summed E-state index contributed by atoms with van der Waals surface area (Å²) in [4.78, 5) is 65.3. The normalized spacial score (nSPS) is 33.8. The Morgan fingerprint density at radius 2 is 1.67 bits per heavy atom. The number of methoxy groups -OCH3 is 1. The van der Waals surface area contributed by atoms with E-state index in [4.69, 9.17) is 23.7 Å². The van der Waals surface area contributed by atoms with Crippen molar-refractivity contribution in [2.45, 2.75) is 115 Å². The van der Waals surface area contributed by atoms with Gasteiger partial charge >= 0.3 is 18.1 Å². The number of unbranched alkanes of at least 4 members (excludes halogenated alkanes) is 3. The summed E-state index contributed by atoms with van der Waals surface area (Å²) in [6.07, 6.45) is -1.12. The lowest BCUT2D eigenvalue weighted by molar-refractivity contribution is -0.234. The molecule has 0 saturated heterocycles. The molecule has 12 nitrogen and oxygen atoms in total. The number of ether oxygens (including phenoxy) is 5. The predicted molar refractivity (Wildman–Crippen MR) is 188 cm³/mol. The first kappa shape index (κ1) is 41.0. The van der Waals surface area contributed by atoms with E-state index in [1.807, 2.05) is 13.8 Å². The van der Waals surface area contributed by atoms with Crippen LogP contribution in [0.2, 0.25) is 0 Å². The number of hydrogen-bond donors (Lipinski definition) is 2. The van der Waals surface area contributed by atoms with Crippen LogP contribution < -0.4 is 9.47 Å². The van der Waals surface area contributed by atoms with Gasteiger partial charge in [-0.3, -0.25) is 14.4 Å². The summed E-state index contributed by atoms with van der Waals surface area (Å²) in [7, 11) is 1.28. The van der Waals surface area contributed by atoms with Crippen molar-refractivity contribution in [3.63, 3.8) is 0 Å². The number of Topliss-reactive ketones (excluding diaryl/α,β-unsaturated/α-hetero) is 1. The van der Waals surface area contributed by atoms with Crippen molar-refractivity contribution in [2.75, 3.05) is 20.3 Å². The fraction of sp³-hybridized carbons (Fsp3) is 0.625. The van der Waals surface area contributed by atoms with Crippen LogP contribution in [0.25, 0.3) is 0 Å². The third-order valence-electron chi connectivity index (χ3n) is 12.1. The standard InChI is InChI=1S/C40H50F2O12/c1-6-8-10-16-51-35(48)23-12-13-29(30(17-23)50-5)53-36(49)52-22-33(46)40(54-34(47)11-9-7-2)31(44)20-25-26-19-28(41)27-18-24(43)14-15-37(27,3)39(26,42)32(45)21-38(25,40)4/h12-15,17-18,25-26,28,31-32,44-45H,6-11,16,19-22H2,1-5H3. The summed E-state index contributed by atoms with van der Waals surface area (Å²) in [6, 6.07) is 3.94. The van der Waals surface area contributed by atoms with E-state index in [1.54, 1.807) is 0 Å². The van der Waals surface area contributed by atoms with Gasteiger partial charge in [-0.05, 0) is 80.9 Å². The number of fused-ring (bicyclic) bond motifs is 5. The van der Waals surface area contributed by atoms with Gasteiger partial charge in [0.2, 0.25) is 11.4 Å². The molecule has 5 rings (SSSR count). The van der Waals surface area contributed by atoms with Crippen LogP contribution in [0.3, 0.4) is 0 Å². The zero-order chi connectivity index (χ0) is 39.6. The van der Waals surface area contributed by atoms with Crippen molar-refractivity contribution < 1.29 is 66.7 Å². The SMILES string of the molecule is CCCCCOC(=O)c1ccc(OC(=O)OCC(=O)C2(OC(=O)CCCC)C(O)CC3C4CC(F)C5=CC(=O)C=CC5(C)C4(F)C(O)CC32C)c(OC)c1. The summed E-state index contributed by atoms with van der Waals surface area (Å²) in [5, 5.41) is 23.5.